The molecule has 7 heteroatoms. The number of nitrogens with one attached hydrogen (secondary N) is 2. The van der Waals surface area contributed by atoms with Crippen LogP contribution in [0.4, 0.5) is 4.39 Å². The Balaban J connectivity index is 1.72. The van der Waals surface area contributed by atoms with Gasteiger partial charge in [-0.05, 0) is 54.8 Å². The van der Waals surface area contributed by atoms with E-state index in [1.807, 2.05) is 12.1 Å². The largest absolute Gasteiger partial charge is 0.484 e. The first-order valence-corrected chi connectivity index (χ1v) is 8.59. The molecule has 1 atom stereocenters. The summed E-state index contributed by atoms with van der Waals surface area (Å²) in [5.41, 5.74) is 5.69. The van der Waals surface area contributed by atoms with Gasteiger partial charge in [0.1, 0.15) is 17.3 Å². The molecular formula is C20H23FN2O4. The fourth-order valence-corrected chi connectivity index (χ4v) is 2.14. The highest BCUT2D eigenvalue weighted by Gasteiger charge is 2.15. The summed E-state index contributed by atoms with van der Waals surface area (Å²) in [4.78, 5) is 23.7. The second-order valence-corrected chi connectivity index (χ2v) is 6.26. The summed E-state index contributed by atoms with van der Waals surface area (Å²) < 4.78 is 23.6. The molecule has 2 aromatic rings. The molecule has 2 aromatic carbocycles. The van der Waals surface area contributed by atoms with Gasteiger partial charge in [-0.15, -0.1) is 0 Å². The number of carbonyl (C=O) groups excluding carboxylic acids is 2. The molecule has 0 heterocycles. The maximum Gasteiger partial charge on any atom is 0.279 e. The number of benzene rings is 2. The summed E-state index contributed by atoms with van der Waals surface area (Å²) in [7, 11) is 0. The molecule has 0 saturated carbocycles. The molecule has 0 saturated heterocycles. The van der Waals surface area contributed by atoms with Gasteiger partial charge in [0.25, 0.3) is 11.8 Å². The van der Waals surface area contributed by atoms with Crippen LogP contribution in [0.2, 0.25) is 0 Å². The zero-order valence-electron chi connectivity index (χ0n) is 15.5. The van der Waals surface area contributed by atoms with Crippen LogP contribution in [-0.4, -0.2) is 24.5 Å². The van der Waals surface area contributed by atoms with Crippen LogP contribution in [0.25, 0.3) is 0 Å². The van der Waals surface area contributed by atoms with Crippen molar-refractivity contribution in [1.82, 2.24) is 10.9 Å². The van der Waals surface area contributed by atoms with E-state index in [9.17, 15) is 14.0 Å². The van der Waals surface area contributed by atoms with Crippen LogP contribution in [-0.2, 0) is 9.59 Å². The number of hydrogen-bond acceptors (Lipinski definition) is 4. The predicted octanol–water partition coefficient (Wildman–Crippen LogP) is 2.94. The number of ether oxygens (including phenoxy) is 2. The van der Waals surface area contributed by atoms with Crippen LogP contribution in [0.1, 0.15) is 32.3 Å². The molecule has 0 spiro atoms. The van der Waals surface area contributed by atoms with E-state index in [0.29, 0.717) is 17.4 Å². The summed E-state index contributed by atoms with van der Waals surface area (Å²) in [5.74, 6) is -0.131. The molecule has 27 heavy (non-hydrogen) atoms. The molecule has 2 rings (SSSR count). The number of rotatable bonds is 7. The van der Waals surface area contributed by atoms with E-state index in [0.717, 1.165) is 0 Å². The fourth-order valence-electron chi connectivity index (χ4n) is 2.14. The van der Waals surface area contributed by atoms with E-state index in [4.69, 9.17) is 9.47 Å². The minimum absolute atomic E-state index is 0.242. The highest BCUT2D eigenvalue weighted by Crippen LogP contribution is 2.18. The highest BCUT2D eigenvalue weighted by molar-refractivity contribution is 5.85. The first-order chi connectivity index (χ1) is 12.8. The van der Waals surface area contributed by atoms with E-state index in [1.165, 1.54) is 36.8 Å². The zero-order chi connectivity index (χ0) is 19.8. The number of hydrazine groups is 1. The molecule has 0 aliphatic rings. The summed E-state index contributed by atoms with van der Waals surface area (Å²) in [5, 5.41) is 0. The summed E-state index contributed by atoms with van der Waals surface area (Å²) in [6, 6.07) is 12.7. The van der Waals surface area contributed by atoms with Gasteiger partial charge in [0.2, 0.25) is 0 Å². The van der Waals surface area contributed by atoms with Crippen LogP contribution >= 0.6 is 0 Å². The maximum absolute atomic E-state index is 12.8. The maximum atomic E-state index is 12.8. The van der Waals surface area contributed by atoms with Crippen molar-refractivity contribution in [2.24, 2.45) is 0 Å². The minimum Gasteiger partial charge on any atom is -0.484 e. The Morgan fingerprint density at radius 3 is 2.11 bits per heavy atom. The highest BCUT2D eigenvalue weighted by atomic mass is 19.1. The zero-order valence-corrected chi connectivity index (χ0v) is 15.5. The first-order valence-electron chi connectivity index (χ1n) is 8.59. The second kappa shape index (κ2) is 9.56. The Kier molecular flexibility index (Phi) is 7.16. The molecule has 2 amide bonds. The van der Waals surface area contributed by atoms with Gasteiger partial charge >= 0.3 is 0 Å². The predicted molar refractivity (Wildman–Crippen MR) is 98.8 cm³/mol. The monoisotopic (exact) mass is 374 g/mol. The van der Waals surface area contributed by atoms with Crippen molar-refractivity contribution in [3.05, 3.63) is 59.9 Å². The quantitative estimate of drug-likeness (QED) is 0.731. The Morgan fingerprint density at radius 2 is 1.52 bits per heavy atom. The molecule has 0 unspecified atom stereocenters. The number of amides is 2. The smallest absolute Gasteiger partial charge is 0.279 e. The van der Waals surface area contributed by atoms with Crippen LogP contribution < -0.4 is 20.3 Å². The molecule has 6 nitrogen and oxygen atoms in total. The van der Waals surface area contributed by atoms with E-state index in [2.05, 4.69) is 24.7 Å². The molecule has 0 fully saturated rings. The second-order valence-electron chi connectivity index (χ2n) is 6.26. The van der Waals surface area contributed by atoms with Crippen LogP contribution in [0.5, 0.6) is 11.5 Å². The van der Waals surface area contributed by atoms with Crippen LogP contribution in [0.15, 0.2) is 48.5 Å². The number of halogens is 1. The third kappa shape index (κ3) is 6.62. The third-order valence-corrected chi connectivity index (χ3v) is 3.74. The van der Waals surface area contributed by atoms with Gasteiger partial charge in [0.05, 0.1) is 0 Å². The lowest BCUT2D eigenvalue weighted by molar-refractivity contribution is -0.133. The van der Waals surface area contributed by atoms with Gasteiger partial charge in [-0.1, -0.05) is 26.0 Å². The Hall–Kier alpha value is -3.09. The van der Waals surface area contributed by atoms with E-state index >= 15 is 0 Å². The Morgan fingerprint density at radius 1 is 0.926 bits per heavy atom. The van der Waals surface area contributed by atoms with Crippen LogP contribution in [0.3, 0.4) is 0 Å². The molecular weight excluding hydrogens is 351 g/mol. The molecule has 0 aliphatic carbocycles. The SMILES string of the molecule is CC(C)c1ccc(OCC(=O)NNC(=O)[C@H](C)Oc2ccc(F)cc2)cc1. The Labute approximate surface area is 157 Å². The lowest BCUT2D eigenvalue weighted by Gasteiger charge is -2.15. The van der Waals surface area contributed by atoms with Crippen molar-refractivity contribution in [3.8, 4) is 11.5 Å². The number of carbonyl (C=O) groups is 2. The van der Waals surface area contributed by atoms with Crippen molar-refractivity contribution in [3.63, 3.8) is 0 Å². The van der Waals surface area contributed by atoms with E-state index in [1.54, 1.807) is 12.1 Å². The average molecular weight is 374 g/mol. The third-order valence-electron chi connectivity index (χ3n) is 3.74. The van der Waals surface area contributed by atoms with Gasteiger partial charge in [-0.2, -0.15) is 0 Å². The van der Waals surface area contributed by atoms with Gasteiger partial charge in [-0.25, -0.2) is 4.39 Å². The summed E-state index contributed by atoms with van der Waals surface area (Å²) in [6.07, 6.45) is -0.875. The lowest BCUT2D eigenvalue weighted by Crippen LogP contribution is -2.48. The molecule has 2 N–H and O–H groups in total. The number of hydrogen-bond donors (Lipinski definition) is 2. The molecule has 0 aliphatic heterocycles. The van der Waals surface area contributed by atoms with Gasteiger partial charge in [0, 0.05) is 0 Å². The van der Waals surface area contributed by atoms with Gasteiger partial charge < -0.3 is 9.47 Å². The van der Waals surface area contributed by atoms with Crippen molar-refractivity contribution in [2.45, 2.75) is 32.8 Å². The molecule has 0 radical (unpaired) electrons. The van der Waals surface area contributed by atoms with Crippen molar-refractivity contribution in [2.75, 3.05) is 6.61 Å². The molecule has 0 aromatic heterocycles. The van der Waals surface area contributed by atoms with E-state index < -0.39 is 23.7 Å². The summed E-state index contributed by atoms with van der Waals surface area (Å²) in [6.45, 7) is 5.45. The van der Waals surface area contributed by atoms with Crippen LogP contribution in [0, 0.1) is 5.82 Å². The van der Waals surface area contributed by atoms with E-state index in [-0.39, 0.29) is 6.61 Å². The lowest BCUT2D eigenvalue weighted by atomic mass is 10.0. The topological polar surface area (TPSA) is 76.7 Å². The molecule has 0 bridgehead atoms. The molecule has 144 valence electrons. The van der Waals surface area contributed by atoms with Crippen molar-refractivity contribution >= 4 is 11.8 Å². The average Bonchev–Trinajstić information content (AvgIpc) is 2.66. The Bertz CT molecular complexity index is 761. The van der Waals surface area contributed by atoms with Gasteiger partial charge in [0.15, 0.2) is 12.7 Å². The first kappa shape index (κ1) is 20.2. The summed E-state index contributed by atoms with van der Waals surface area (Å²) >= 11 is 0. The normalized spacial score (nSPS) is 11.6. The minimum atomic E-state index is -0.875. The fraction of sp³-hybridized carbons (Fsp3) is 0.300. The van der Waals surface area contributed by atoms with Crippen molar-refractivity contribution < 1.29 is 23.5 Å². The van der Waals surface area contributed by atoms with Crippen molar-refractivity contribution in [1.29, 1.82) is 0 Å². The van der Waals surface area contributed by atoms with Gasteiger partial charge in [-0.3, -0.25) is 20.4 Å². The standard InChI is InChI=1S/C20H23FN2O4/c1-13(2)15-4-8-17(9-5-15)26-12-19(24)22-23-20(25)14(3)27-18-10-6-16(21)7-11-18/h4-11,13-14H,12H2,1-3H3,(H,22,24)(H,23,25)/t14-/m0/s1.